The number of aromatic nitrogens is 3. The number of hydrogen-bond acceptors (Lipinski definition) is 5. The van der Waals surface area contributed by atoms with Gasteiger partial charge in [-0.1, -0.05) is 0 Å². The van der Waals surface area contributed by atoms with Gasteiger partial charge >= 0.3 is 0 Å². The van der Waals surface area contributed by atoms with Crippen LogP contribution in [0.25, 0.3) is 5.69 Å². The number of nitrogens with one attached hydrogen (secondary N) is 1. The van der Waals surface area contributed by atoms with Crippen molar-refractivity contribution in [3.8, 4) is 5.69 Å². The SMILES string of the molecule is O=S1(=O)CCC(Nc2ccc(-n3cncn3)c(F)c2)C1. The second-order valence-corrected chi connectivity index (χ2v) is 6.98. The van der Waals surface area contributed by atoms with Crippen LogP contribution < -0.4 is 5.32 Å². The van der Waals surface area contributed by atoms with Gasteiger partial charge in [0.25, 0.3) is 0 Å². The lowest BCUT2D eigenvalue weighted by atomic mass is 10.2. The number of nitrogens with zero attached hydrogens (tertiary/aromatic N) is 3. The molecule has 0 amide bonds. The Morgan fingerprint density at radius 1 is 1.40 bits per heavy atom. The van der Waals surface area contributed by atoms with Crippen molar-refractivity contribution < 1.29 is 12.8 Å². The zero-order valence-corrected chi connectivity index (χ0v) is 11.3. The van der Waals surface area contributed by atoms with E-state index in [1.165, 1.54) is 23.4 Å². The van der Waals surface area contributed by atoms with Gasteiger partial charge in [-0.2, -0.15) is 5.10 Å². The van der Waals surface area contributed by atoms with E-state index in [-0.39, 0.29) is 17.5 Å². The minimum atomic E-state index is -2.95. The summed E-state index contributed by atoms with van der Waals surface area (Å²) in [7, 11) is -2.95. The van der Waals surface area contributed by atoms with Gasteiger partial charge in [0.2, 0.25) is 0 Å². The van der Waals surface area contributed by atoms with Crippen LogP contribution in [-0.2, 0) is 9.84 Å². The zero-order chi connectivity index (χ0) is 14.2. The smallest absolute Gasteiger partial charge is 0.152 e. The fourth-order valence-electron chi connectivity index (χ4n) is 2.26. The predicted octanol–water partition coefficient (Wildman–Crippen LogP) is 1.01. The van der Waals surface area contributed by atoms with E-state index in [1.807, 2.05) is 0 Å². The summed E-state index contributed by atoms with van der Waals surface area (Å²) in [6.07, 6.45) is 3.29. The molecule has 0 spiro atoms. The van der Waals surface area contributed by atoms with Crippen molar-refractivity contribution in [2.45, 2.75) is 12.5 Å². The Balaban J connectivity index is 1.78. The standard InChI is InChI=1S/C12H13FN4O2S/c13-11-5-9(16-10-3-4-20(18,19)6-10)1-2-12(11)17-8-14-7-15-17/h1-2,5,7-8,10,16H,3-4,6H2. The van der Waals surface area contributed by atoms with Gasteiger partial charge in [0.1, 0.15) is 18.3 Å². The maximum atomic E-state index is 14.0. The van der Waals surface area contributed by atoms with E-state index in [0.717, 1.165) is 0 Å². The summed E-state index contributed by atoms with van der Waals surface area (Å²) in [5.74, 6) is -0.162. The molecule has 1 saturated heterocycles. The lowest BCUT2D eigenvalue weighted by Gasteiger charge is -2.13. The highest BCUT2D eigenvalue weighted by atomic mass is 32.2. The third kappa shape index (κ3) is 2.64. The van der Waals surface area contributed by atoms with Crippen LogP contribution >= 0.6 is 0 Å². The van der Waals surface area contributed by atoms with E-state index in [2.05, 4.69) is 15.4 Å². The Kier molecular flexibility index (Phi) is 3.17. The van der Waals surface area contributed by atoms with Crippen LogP contribution in [0.15, 0.2) is 30.9 Å². The van der Waals surface area contributed by atoms with Crippen LogP contribution in [0.5, 0.6) is 0 Å². The van der Waals surface area contributed by atoms with Gasteiger partial charge < -0.3 is 5.32 Å². The van der Waals surface area contributed by atoms with E-state index in [9.17, 15) is 12.8 Å². The average molecular weight is 296 g/mol. The number of anilines is 1. The quantitative estimate of drug-likeness (QED) is 0.914. The highest BCUT2D eigenvalue weighted by Gasteiger charge is 2.27. The summed E-state index contributed by atoms with van der Waals surface area (Å²) < 4.78 is 38.1. The van der Waals surface area contributed by atoms with Crippen molar-refractivity contribution in [3.05, 3.63) is 36.7 Å². The Labute approximate surface area is 115 Å². The van der Waals surface area contributed by atoms with Crippen LogP contribution in [0, 0.1) is 5.82 Å². The monoisotopic (exact) mass is 296 g/mol. The predicted molar refractivity (Wildman–Crippen MR) is 72.0 cm³/mol. The average Bonchev–Trinajstić information content (AvgIpc) is 2.99. The molecule has 106 valence electrons. The van der Waals surface area contributed by atoms with Gasteiger partial charge in [0.05, 0.1) is 11.5 Å². The molecular weight excluding hydrogens is 283 g/mol. The molecule has 1 atom stereocenters. The molecule has 2 aromatic rings. The van der Waals surface area contributed by atoms with E-state index >= 15 is 0 Å². The third-order valence-electron chi connectivity index (χ3n) is 3.22. The normalized spacial score (nSPS) is 20.9. The van der Waals surface area contributed by atoms with Crippen molar-refractivity contribution >= 4 is 15.5 Å². The fraction of sp³-hybridized carbons (Fsp3) is 0.333. The minimum absolute atomic E-state index is 0.0967. The Morgan fingerprint density at radius 2 is 2.25 bits per heavy atom. The second-order valence-electron chi connectivity index (χ2n) is 4.75. The topological polar surface area (TPSA) is 76.9 Å². The summed E-state index contributed by atoms with van der Waals surface area (Å²) in [4.78, 5) is 3.76. The van der Waals surface area contributed by atoms with Gasteiger partial charge in [0.15, 0.2) is 15.7 Å². The van der Waals surface area contributed by atoms with Crippen molar-refractivity contribution in [3.63, 3.8) is 0 Å². The summed E-state index contributed by atoms with van der Waals surface area (Å²) in [6.45, 7) is 0. The van der Waals surface area contributed by atoms with Crippen LogP contribution in [0.4, 0.5) is 10.1 Å². The summed E-state index contributed by atoms with van der Waals surface area (Å²) >= 11 is 0. The molecule has 1 fully saturated rings. The number of benzene rings is 1. The van der Waals surface area contributed by atoms with E-state index in [1.54, 1.807) is 12.1 Å². The Bertz CT molecular complexity index is 715. The first-order valence-corrected chi connectivity index (χ1v) is 7.97. The largest absolute Gasteiger partial charge is 0.381 e. The first-order chi connectivity index (χ1) is 9.53. The van der Waals surface area contributed by atoms with E-state index < -0.39 is 15.7 Å². The van der Waals surface area contributed by atoms with Crippen LogP contribution in [-0.4, -0.2) is 40.7 Å². The molecule has 20 heavy (non-hydrogen) atoms. The molecule has 0 radical (unpaired) electrons. The molecule has 1 N–H and O–H groups in total. The summed E-state index contributed by atoms with van der Waals surface area (Å²) in [5.41, 5.74) is 0.862. The molecule has 1 unspecified atom stereocenters. The fourth-order valence-corrected chi connectivity index (χ4v) is 3.93. The number of hydrogen-bond donors (Lipinski definition) is 1. The first-order valence-electron chi connectivity index (χ1n) is 6.15. The lowest BCUT2D eigenvalue weighted by molar-refractivity contribution is 0.602. The molecule has 0 saturated carbocycles. The highest BCUT2D eigenvalue weighted by molar-refractivity contribution is 7.91. The number of halogens is 1. The Morgan fingerprint density at radius 3 is 2.85 bits per heavy atom. The third-order valence-corrected chi connectivity index (χ3v) is 4.98. The molecular formula is C12H13FN4O2S. The van der Waals surface area contributed by atoms with Gasteiger partial charge in [-0.25, -0.2) is 22.5 Å². The van der Waals surface area contributed by atoms with Gasteiger partial charge in [-0.15, -0.1) is 0 Å². The van der Waals surface area contributed by atoms with Crippen LogP contribution in [0.1, 0.15) is 6.42 Å². The molecule has 0 aliphatic carbocycles. The Hall–Kier alpha value is -1.96. The van der Waals surface area contributed by atoms with E-state index in [0.29, 0.717) is 17.8 Å². The number of rotatable bonds is 3. The second kappa shape index (κ2) is 4.86. The molecule has 1 aliphatic heterocycles. The summed E-state index contributed by atoms with van der Waals surface area (Å²) in [6, 6.07) is 4.46. The van der Waals surface area contributed by atoms with Gasteiger partial charge in [0, 0.05) is 11.7 Å². The molecule has 3 rings (SSSR count). The van der Waals surface area contributed by atoms with Crippen molar-refractivity contribution in [1.29, 1.82) is 0 Å². The number of sulfone groups is 1. The molecule has 1 aliphatic rings. The van der Waals surface area contributed by atoms with Crippen molar-refractivity contribution in [1.82, 2.24) is 14.8 Å². The highest BCUT2D eigenvalue weighted by Crippen LogP contribution is 2.21. The van der Waals surface area contributed by atoms with Gasteiger partial charge in [-0.05, 0) is 24.6 Å². The molecule has 0 bridgehead atoms. The minimum Gasteiger partial charge on any atom is -0.381 e. The van der Waals surface area contributed by atoms with Crippen molar-refractivity contribution in [2.24, 2.45) is 0 Å². The summed E-state index contributed by atoms with van der Waals surface area (Å²) in [5, 5.41) is 6.91. The molecule has 6 nitrogen and oxygen atoms in total. The maximum absolute atomic E-state index is 14.0. The van der Waals surface area contributed by atoms with Crippen LogP contribution in [0.2, 0.25) is 0 Å². The van der Waals surface area contributed by atoms with Crippen molar-refractivity contribution in [2.75, 3.05) is 16.8 Å². The lowest BCUT2D eigenvalue weighted by Crippen LogP contribution is -2.20. The molecule has 1 aromatic heterocycles. The van der Waals surface area contributed by atoms with Gasteiger partial charge in [-0.3, -0.25) is 0 Å². The molecule has 1 aromatic carbocycles. The zero-order valence-electron chi connectivity index (χ0n) is 10.5. The molecule has 2 heterocycles. The maximum Gasteiger partial charge on any atom is 0.152 e. The molecule has 8 heteroatoms. The first kappa shape index (κ1) is 13.0. The van der Waals surface area contributed by atoms with E-state index in [4.69, 9.17) is 0 Å². The van der Waals surface area contributed by atoms with Crippen LogP contribution in [0.3, 0.4) is 0 Å².